The lowest BCUT2D eigenvalue weighted by atomic mass is 10.0. The van der Waals surface area contributed by atoms with Crippen molar-refractivity contribution in [1.82, 2.24) is 9.97 Å². The second-order valence-electron chi connectivity index (χ2n) is 5.12. The molecule has 0 unspecified atom stereocenters. The van der Waals surface area contributed by atoms with Crippen LogP contribution in [-0.4, -0.2) is 9.97 Å². The molecule has 0 saturated heterocycles. The Hall–Kier alpha value is -2.58. The molecule has 3 heteroatoms. The molecule has 1 heterocycles. The fourth-order valence-corrected chi connectivity index (χ4v) is 2.51. The number of fused-ring (bicyclic) bond motifs is 1. The normalized spacial score (nSPS) is 10.1. The van der Waals surface area contributed by atoms with E-state index in [-0.39, 0.29) is 0 Å². The molecule has 1 N–H and O–H groups in total. The first-order chi connectivity index (χ1) is 11.4. The van der Waals surface area contributed by atoms with E-state index in [2.05, 4.69) is 34.2 Å². The molecule has 0 radical (unpaired) electrons. The van der Waals surface area contributed by atoms with E-state index in [1.165, 1.54) is 11.1 Å². The molecular formula is C20H17ClN2. The molecule has 0 aliphatic heterocycles. The lowest BCUT2D eigenvalue weighted by Gasteiger charge is -2.02. The van der Waals surface area contributed by atoms with Crippen LogP contribution in [0.1, 0.15) is 5.56 Å². The minimum absolute atomic E-state index is 0.570. The number of para-hydroxylation sites is 2. The van der Waals surface area contributed by atoms with Gasteiger partial charge in [0.05, 0.1) is 17.4 Å². The van der Waals surface area contributed by atoms with E-state index in [0.717, 1.165) is 16.6 Å². The summed E-state index contributed by atoms with van der Waals surface area (Å²) < 4.78 is 0. The van der Waals surface area contributed by atoms with Gasteiger partial charge in [-0.2, -0.15) is 0 Å². The van der Waals surface area contributed by atoms with Crippen molar-refractivity contribution in [1.29, 1.82) is 0 Å². The van der Waals surface area contributed by atoms with Crippen LogP contribution in [0.2, 0.25) is 0 Å². The van der Waals surface area contributed by atoms with Gasteiger partial charge in [-0.25, -0.2) is 4.98 Å². The van der Waals surface area contributed by atoms with Gasteiger partial charge in [0.25, 0.3) is 0 Å². The zero-order chi connectivity index (χ0) is 15.9. The van der Waals surface area contributed by atoms with E-state index in [0.29, 0.717) is 5.88 Å². The predicted octanol–water partition coefficient (Wildman–Crippen LogP) is 5.66. The molecule has 0 saturated carbocycles. The number of rotatable bonds is 2. The van der Waals surface area contributed by atoms with Crippen LogP contribution in [0.15, 0.2) is 85.2 Å². The first-order valence-electron chi connectivity index (χ1n) is 7.45. The van der Waals surface area contributed by atoms with E-state index < -0.39 is 0 Å². The third-order valence-corrected chi connectivity index (χ3v) is 3.82. The van der Waals surface area contributed by atoms with Crippen LogP contribution in [0.25, 0.3) is 22.2 Å². The maximum Gasteiger partial charge on any atom is 0.0931 e. The molecule has 1 aromatic heterocycles. The molecule has 0 aliphatic rings. The molecule has 4 rings (SSSR count). The Labute approximate surface area is 140 Å². The van der Waals surface area contributed by atoms with E-state index in [1.807, 2.05) is 54.6 Å². The summed E-state index contributed by atoms with van der Waals surface area (Å²) in [5, 5.41) is 0. The van der Waals surface area contributed by atoms with E-state index in [9.17, 15) is 0 Å². The molecule has 0 amide bonds. The Kier molecular flexibility index (Phi) is 5.07. The summed E-state index contributed by atoms with van der Waals surface area (Å²) in [5.74, 6) is 0.570. The van der Waals surface area contributed by atoms with Crippen molar-refractivity contribution in [3.63, 3.8) is 0 Å². The topological polar surface area (TPSA) is 28.7 Å². The molecule has 23 heavy (non-hydrogen) atoms. The predicted molar refractivity (Wildman–Crippen MR) is 97.5 cm³/mol. The molecule has 0 atom stereocenters. The first kappa shape index (κ1) is 15.3. The molecule has 4 aromatic rings. The monoisotopic (exact) mass is 320 g/mol. The van der Waals surface area contributed by atoms with E-state index >= 15 is 0 Å². The van der Waals surface area contributed by atoms with Crippen LogP contribution in [-0.2, 0) is 5.88 Å². The van der Waals surface area contributed by atoms with Crippen molar-refractivity contribution in [2.24, 2.45) is 0 Å². The van der Waals surface area contributed by atoms with Gasteiger partial charge in [-0.05, 0) is 34.9 Å². The number of nitrogens with zero attached hydrogens (tertiary/aromatic N) is 1. The number of aromatic nitrogens is 2. The van der Waals surface area contributed by atoms with Crippen LogP contribution in [0, 0.1) is 0 Å². The number of alkyl halides is 1. The Morgan fingerprint density at radius 2 is 1.52 bits per heavy atom. The Bertz CT molecular complexity index is 839. The average Bonchev–Trinajstić information content (AvgIpc) is 3.12. The van der Waals surface area contributed by atoms with Crippen molar-refractivity contribution >= 4 is 22.6 Å². The highest BCUT2D eigenvalue weighted by Gasteiger charge is 1.97. The number of hydrogen-bond acceptors (Lipinski definition) is 1. The number of nitrogens with one attached hydrogen (secondary N) is 1. The Balaban J connectivity index is 0.000000149. The zero-order valence-electron chi connectivity index (χ0n) is 12.6. The van der Waals surface area contributed by atoms with Crippen LogP contribution in [0.5, 0.6) is 0 Å². The van der Waals surface area contributed by atoms with Gasteiger partial charge in [-0.1, -0.05) is 60.7 Å². The molecule has 0 bridgehead atoms. The van der Waals surface area contributed by atoms with Crippen LogP contribution < -0.4 is 0 Å². The van der Waals surface area contributed by atoms with Gasteiger partial charge in [0, 0.05) is 5.88 Å². The van der Waals surface area contributed by atoms with Crippen molar-refractivity contribution in [3.05, 3.63) is 90.8 Å². The third-order valence-electron chi connectivity index (χ3n) is 3.52. The smallest absolute Gasteiger partial charge is 0.0931 e. The summed E-state index contributed by atoms with van der Waals surface area (Å²) in [4.78, 5) is 7.07. The fourth-order valence-electron chi connectivity index (χ4n) is 2.34. The quantitative estimate of drug-likeness (QED) is 0.475. The molecular weight excluding hydrogens is 304 g/mol. The maximum absolute atomic E-state index is 5.79. The van der Waals surface area contributed by atoms with Gasteiger partial charge in [-0.15, -0.1) is 11.6 Å². The highest BCUT2D eigenvalue weighted by Crippen LogP contribution is 2.20. The molecule has 2 nitrogen and oxygen atoms in total. The SMILES string of the molecule is ClCc1cccc(-c2ccccc2)c1.c1ccc2[nH]cnc2c1. The third kappa shape index (κ3) is 3.99. The van der Waals surface area contributed by atoms with Crippen molar-refractivity contribution in [2.75, 3.05) is 0 Å². The lowest BCUT2D eigenvalue weighted by molar-refractivity contribution is 1.34. The number of halogens is 1. The van der Waals surface area contributed by atoms with Gasteiger partial charge >= 0.3 is 0 Å². The molecule has 0 spiro atoms. The zero-order valence-corrected chi connectivity index (χ0v) is 13.4. The largest absolute Gasteiger partial charge is 0.345 e. The van der Waals surface area contributed by atoms with Crippen molar-refractivity contribution < 1.29 is 0 Å². The standard InChI is InChI=1S/C13H11Cl.C7H6N2/c14-10-11-5-4-8-13(9-11)12-6-2-1-3-7-12;1-2-4-7-6(3-1)8-5-9-7/h1-9H,10H2;1-5H,(H,8,9). The number of imidazole rings is 1. The summed E-state index contributed by atoms with van der Waals surface area (Å²) in [6.45, 7) is 0. The van der Waals surface area contributed by atoms with Crippen LogP contribution >= 0.6 is 11.6 Å². The Morgan fingerprint density at radius 3 is 2.30 bits per heavy atom. The molecule has 3 aromatic carbocycles. The second-order valence-corrected chi connectivity index (χ2v) is 5.39. The van der Waals surface area contributed by atoms with Gasteiger partial charge in [-0.3, -0.25) is 0 Å². The number of benzene rings is 3. The summed E-state index contributed by atoms with van der Waals surface area (Å²) >= 11 is 5.79. The van der Waals surface area contributed by atoms with Gasteiger partial charge in [0.1, 0.15) is 0 Å². The number of hydrogen-bond donors (Lipinski definition) is 1. The van der Waals surface area contributed by atoms with Crippen molar-refractivity contribution in [2.45, 2.75) is 5.88 Å². The molecule has 0 fully saturated rings. The second kappa shape index (κ2) is 7.61. The minimum Gasteiger partial charge on any atom is -0.345 e. The van der Waals surface area contributed by atoms with Gasteiger partial charge < -0.3 is 4.98 Å². The summed E-state index contributed by atoms with van der Waals surface area (Å²) in [6, 6.07) is 26.6. The molecule has 0 aliphatic carbocycles. The highest BCUT2D eigenvalue weighted by molar-refractivity contribution is 6.17. The minimum atomic E-state index is 0.570. The molecule has 114 valence electrons. The van der Waals surface area contributed by atoms with Crippen molar-refractivity contribution in [3.8, 4) is 11.1 Å². The van der Waals surface area contributed by atoms with Gasteiger partial charge in [0.15, 0.2) is 0 Å². The van der Waals surface area contributed by atoms with Gasteiger partial charge in [0.2, 0.25) is 0 Å². The highest BCUT2D eigenvalue weighted by atomic mass is 35.5. The lowest BCUT2D eigenvalue weighted by Crippen LogP contribution is -1.80. The maximum atomic E-state index is 5.79. The first-order valence-corrected chi connectivity index (χ1v) is 7.99. The van der Waals surface area contributed by atoms with Crippen LogP contribution in [0.3, 0.4) is 0 Å². The van der Waals surface area contributed by atoms with E-state index in [1.54, 1.807) is 6.33 Å². The summed E-state index contributed by atoms with van der Waals surface area (Å²) in [6.07, 6.45) is 1.70. The van der Waals surface area contributed by atoms with E-state index in [4.69, 9.17) is 11.6 Å². The summed E-state index contributed by atoms with van der Waals surface area (Å²) in [5.41, 5.74) is 5.74. The fraction of sp³-hybridized carbons (Fsp3) is 0.0500. The van der Waals surface area contributed by atoms with Crippen LogP contribution in [0.4, 0.5) is 0 Å². The summed E-state index contributed by atoms with van der Waals surface area (Å²) in [7, 11) is 0. The number of aromatic amines is 1. The number of H-pyrrole nitrogens is 1. The average molecular weight is 321 g/mol. The Morgan fingerprint density at radius 1 is 0.783 bits per heavy atom.